The molecule has 2 rings (SSSR count). The van der Waals surface area contributed by atoms with Crippen molar-refractivity contribution in [3.8, 4) is 0 Å². The fraction of sp³-hybridized carbons (Fsp3) is 0.727. The van der Waals surface area contributed by atoms with Crippen molar-refractivity contribution in [2.75, 3.05) is 19.5 Å². The van der Waals surface area contributed by atoms with E-state index in [-0.39, 0.29) is 5.75 Å². The average Bonchev–Trinajstić information content (AvgIpc) is 3.10. The summed E-state index contributed by atoms with van der Waals surface area (Å²) in [5, 5.41) is 17.7. The van der Waals surface area contributed by atoms with Gasteiger partial charge in [0.15, 0.2) is 5.16 Å². The number of hydrogen-bond acceptors (Lipinski definition) is 5. The van der Waals surface area contributed by atoms with Crippen LogP contribution in [0.1, 0.15) is 31.0 Å². The molecular formula is C11H17N3O3S. The van der Waals surface area contributed by atoms with E-state index < -0.39 is 5.97 Å². The number of carboxylic acid groups (broad SMARTS) is 1. The van der Waals surface area contributed by atoms with Crippen LogP contribution in [0.3, 0.4) is 0 Å². The Morgan fingerprint density at radius 2 is 2.33 bits per heavy atom. The van der Waals surface area contributed by atoms with E-state index in [2.05, 4.69) is 10.2 Å². The fourth-order valence-electron chi connectivity index (χ4n) is 1.75. The normalized spacial score (nSPS) is 14.9. The Morgan fingerprint density at radius 3 is 2.94 bits per heavy atom. The summed E-state index contributed by atoms with van der Waals surface area (Å²) < 4.78 is 7.09. The van der Waals surface area contributed by atoms with Gasteiger partial charge in [0.1, 0.15) is 5.82 Å². The minimum absolute atomic E-state index is 0.0209. The number of thioether (sulfide) groups is 1. The predicted octanol–water partition coefficient (Wildman–Crippen LogP) is 1.37. The number of nitrogens with zero attached hydrogens (tertiary/aromatic N) is 3. The molecule has 6 nitrogen and oxygen atoms in total. The van der Waals surface area contributed by atoms with Crippen molar-refractivity contribution in [1.82, 2.24) is 14.8 Å². The van der Waals surface area contributed by atoms with Crippen LogP contribution in [0.25, 0.3) is 0 Å². The number of ether oxygens (including phenoxy) is 1. The fourth-order valence-corrected chi connectivity index (χ4v) is 2.45. The Labute approximate surface area is 110 Å². The molecule has 0 aromatic carbocycles. The molecule has 1 aromatic heterocycles. The van der Waals surface area contributed by atoms with Gasteiger partial charge in [-0.1, -0.05) is 11.8 Å². The first kappa shape index (κ1) is 13.4. The number of hydrogen-bond donors (Lipinski definition) is 1. The molecule has 0 aliphatic heterocycles. The highest BCUT2D eigenvalue weighted by Gasteiger charge is 2.30. The lowest BCUT2D eigenvalue weighted by atomic mass is 10.3. The van der Waals surface area contributed by atoms with Crippen molar-refractivity contribution in [1.29, 1.82) is 0 Å². The molecule has 1 N–H and O–H groups in total. The lowest BCUT2D eigenvalue weighted by Crippen LogP contribution is -2.08. The minimum atomic E-state index is -0.834. The van der Waals surface area contributed by atoms with E-state index in [1.165, 1.54) is 11.8 Å². The minimum Gasteiger partial charge on any atom is -0.481 e. The van der Waals surface area contributed by atoms with Crippen LogP contribution in [-0.4, -0.2) is 45.3 Å². The van der Waals surface area contributed by atoms with E-state index in [1.54, 1.807) is 7.11 Å². The molecule has 100 valence electrons. The zero-order valence-corrected chi connectivity index (χ0v) is 11.2. The van der Waals surface area contributed by atoms with E-state index in [1.807, 2.05) is 4.57 Å². The summed E-state index contributed by atoms with van der Waals surface area (Å²) in [6.07, 6.45) is 3.20. The Balaban J connectivity index is 2.04. The van der Waals surface area contributed by atoms with Gasteiger partial charge in [0.2, 0.25) is 0 Å². The number of methoxy groups -OCH3 is 1. The van der Waals surface area contributed by atoms with Crippen LogP contribution in [-0.2, 0) is 16.1 Å². The maximum Gasteiger partial charge on any atom is 0.313 e. The monoisotopic (exact) mass is 271 g/mol. The molecule has 1 aromatic rings. The van der Waals surface area contributed by atoms with Gasteiger partial charge >= 0.3 is 5.97 Å². The van der Waals surface area contributed by atoms with Crippen molar-refractivity contribution in [3.05, 3.63) is 5.82 Å². The van der Waals surface area contributed by atoms with Crippen molar-refractivity contribution >= 4 is 17.7 Å². The zero-order valence-electron chi connectivity index (χ0n) is 10.3. The summed E-state index contributed by atoms with van der Waals surface area (Å²) >= 11 is 1.23. The lowest BCUT2D eigenvalue weighted by Gasteiger charge is -2.08. The van der Waals surface area contributed by atoms with Crippen molar-refractivity contribution in [2.45, 2.75) is 36.9 Å². The van der Waals surface area contributed by atoms with E-state index in [9.17, 15) is 4.79 Å². The van der Waals surface area contributed by atoms with Gasteiger partial charge in [-0.2, -0.15) is 0 Å². The number of carboxylic acids is 1. The van der Waals surface area contributed by atoms with Gasteiger partial charge in [0, 0.05) is 26.2 Å². The van der Waals surface area contributed by atoms with Crippen LogP contribution >= 0.6 is 11.8 Å². The first-order valence-electron chi connectivity index (χ1n) is 5.99. The Morgan fingerprint density at radius 1 is 1.56 bits per heavy atom. The first-order valence-corrected chi connectivity index (χ1v) is 6.97. The van der Waals surface area contributed by atoms with E-state index in [4.69, 9.17) is 9.84 Å². The smallest absolute Gasteiger partial charge is 0.313 e. The van der Waals surface area contributed by atoms with Crippen LogP contribution in [0.5, 0.6) is 0 Å². The summed E-state index contributed by atoms with van der Waals surface area (Å²) in [6, 6.07) is 0. The van der Waals surface area contributed by atoms with Gasteiger partial charge < -0.3 is 14.4 Å². The molecule has 0 spiro atoms. The molecular weight excluding hydrogens is 254 g/mol. The molecule has 1 fully saturated rings. The highest BCUT2D eigenvalue weighted by molar-refractivity contribution is 7.99. The molecule has 7 heteroatoms. The third-order valence-electron chi connectivity index (χ3n) is 2.74. The molecule has 1 aliphatic rings. The second kappa shape index (κ2) is 6.19. The number of rotatable bonds is 8. The molecule has 1 aliphatic carbocycles. The van der Waals surface area contributed by atoms with Crippen molar-refractivity contribution in [2.24, 2.45) is 0 Å². The van der Waals surface area contributed by atoms with Gasteiger partial charge in [-0.05, 0) is 19.3 Å². The zero-order chi connectivity index (χ0) is 13.0. The molecule has 0 saturated heterocycles. The SMILES string of the molecule is COCCCn1c(SCC(=O)O)nnc1C1CC1. The summed E-state index contributed by atoms with van der Waals surface area (Å²) in [5.74, 6) is 0.699. The van der Waals surface area contributed by atoms with Crippen LogP contribution in [0.2, 0.25) is 0 Å². The highest BCUT2D eigenvalue weighted by Crippen LogP contribution is 2.40. The topological polar surface area (TPSA) is 77.2 Å². The molecule has 1 heterocycles. The van der Waals surface area contributed by atoms with Crippen molar-refractivity contribution < 1.29 is 14.6 Å². The van der Waals surface area contributed by atoms with Crippen LogP contribution in [0, 0.1) is 0 Å². The number of aromatic nitrogens is 3. The van der Waals surface area contributed by atoms with Crippen LogP contribution in [0.4, 0.5) is 0 Å². The Bertz CT molecular complexity index is 418. The molecule has 18 heavy (non-hydrogen) atoms. The van der Waals surface area contributed by atoms with Gasteiger partial charge in [0.05, 0.1) is 5.75 Å². The van der Waals surface area contributed by atoms with E-state index in [0.29, 0.717) is 17.7 Å². The summed E-state index contributed by atoms with van der Waals surface area (Å²) in [7, 11) is 1.67. The number of aliphatic carboxylic acids is 1. The van der Waals surface area contributed by atoms with Gasteiger partial charge in [-0.3, -0.25) is 4.79 Å². The van der Waals surface area contributed by atoms with Gasteiger partial charge in [0.25, 0.3) is 0 Å². The molecule has 0 unspecified atom stereocenters. The molecule has 0 amide bonds. The molecule has 0 atom stereocenters. The Hall–Kier alpha value is -1.08. The maximum atomic E-state index is 10.6. The van der Waals surface area contributed by atoms with Crippen LogP contribution < -0.4 is 0 Å². The highest BCUT2D eigenvalue weighted by atomic mass is 32.2. The lowest BCUT2D eigenvalue weighted by molar-refractivity contribution is -0.133. The quantitative estimate of drug-likeness (QED) is 0.568. The summed E-state index contributed by atoms with van der Waals surface area (Å²) in [5.41, 5.74) is 0. The van der Waals surface area contributed by atoms with Crippen LogP contribution in [0.15, 0.2) is 5.16 Å². The largest absolute Gasteiger partial charge is 0.481 e. The van der Waals surface area contributed by atoms with Gasteiger partial charge in [-0.15, -0.1) is 10.2 Å². The standard InChI is InChI=1S/C11H17N3O3S/c1-17-6-2-5-14-10(8-3-4-8)12-13-11(14)18-7-9(15)16/h8H,2-7H2,1H3,(H,15,16). The number of carbonyl (C=O) groups is 1. The van der Waals surface area contributed by atoms with Crippen molar-refractivity contribution in [3.63, 3.8) is 0 Å². The van der Waals surface area contributed by atoms with E-state index >= 15 is 0 Å². The average molecular weight is 271 g/mol. The Kier molecular flexibility index (Phi) is 4.60. The molecule has 1 saturated carbocycles. The second-order valence-electron chi connectivity index (χ2n) is 4.30. The molecule has 0 bridgehead atoms. The summed E-state index contributed by atoms with van der Waals surface area (Å²) in [4.78, 5) is 10.6. The maximum absolute atomic E-state index is 10.6. The first-order chi connectivity index (χ1) is 8.72. The third kappa shape index (κ3) is 3.46. The molecule has 0 radical (unpaired) electrons. The second-order valence-corrected chi connectivity index (χ2v) is 5.24. The third-order valence-corrected chi connectivity index (χ3v) is 3.69. The summed E-state index contributed by atoms with van der Waals surface area (Å²) in [6.45, 7) is 1.47. The van der Waals surface area contributed by atoms with Gasteiger partial charge in [-0.25, -0.2) is 0 Å². The predicted molar refractivity (Wildman–Crippen MR) is 66.8 cm³/mol. The van der Waals surface area contributed by atoms with E-state index in [0.717, 1.165) is 31.6 Å².